The lowest BCUT2D eigenvalue weighted by Gasteiger charge is -2.31. The Morgan fingerprint density at radius 3 is 2.53 bits per heavy atom. The smallest absolute Gasteiger partial charge is 0.253 e. The molecule has 1 rings (SSSR count). The van der Waals surface area contributed by atoms with Crippen molar-refractivity contribution in [2.24, 2.45) is 11.1 Å². The molecule has 0 spiro atoms. The zero-order valence-corrected chi connectivity index (χ0v) is 12.2. The van der Waals surface area contributed by atoms with Gasteiger partial charge in [0.05, 0.1) is 0 Å². The summed E-state index contributed by atoms with van der Waals surface area (Å²) in [5, 5.41) is 0. The summed E-state index contributed by atoms with van der Waals surface area (Å²) in [7, 11) is 0. The Morgan fingerprint density at radius 2 is 2.05 bits per heavy atom. The summed E-state index contributed by atoms with van der Waals surface area (Å²) in [6, 6.07) is 4.46. The first-order valence-corrected chi connectivity index (χ1v) is 6.56. The lowest BCUT2D eigenvalue weighted by atomic mass is 9.92. The van der Waals surface area contributed by atoms with Gasteiger partial charge in [0.25, 0.3) is 5.91 Å². The van der Waals surface area contributed by atoms with Crippen molar-refractivity contribution in [3.8, 4) is 0 Å². The van der Waals surface area contributed by atoms with E-state index in [0.717, 1.165) is 0 Å². The van der Waals surface area contributed by atoms with E-state index < -0.39 is 0 Å². The SMILES string of the molecule is CCN(CC(C)(C)CN)C(=O)c1ccc(F)c(C)c1. The molecule has 0 aliphatic rings. The van der Waals surface area contributed by atoms with E-state index in [1.165, 1.54) is 12.1 Å². The van der Waals surface area contributed by atoms with Crippen molar-refractivity contribution in [3.05, 3.63) is 35.1 Å². The molecule has 0 heterocycles. The van der Waals surface area contributed by atoms with Gasteiger partial charge in [0, 0.05) is 18.7 Å². The molecule has 0 atom stereocenters. The van der Waals surface area contributed by atoms with Gasteiger partial charge in [0.1, 0.15) is 5.82 Å². The van der Waals surface area contributed by atoms with E-state index >= 15 is 0 Å². The second kappa shape index (κ2) is 6.15. The van der Waals surface area contributed by atoms with Crippen LogP contribution < -0.4 is 5.73 Å². The minimum absolute atomic E-state index is 0.0767. The van der Waals surface area contributed by atoms with Crippen molar-refractivity contribution in [1.82, 2.24) is 4.90 Å². The van der Waals surface area contributed by atoms with Crippen LogP contribution in [0.1, 0.15) is 36.7 Å². The Morgan fingerprint density at radius 1 is 1.42 bits per heavy atom. The normalized spacial score (nSPS) is 11.5. The van der Waals surface area contributed by atoms with Crippen LogP contribution >= 0.6 is 0 Å². The fraction of sp³-hybridized carbons (Fsp3) is 0.533. The maximum Gasteiger partial charge on any atom is 0.253 e. The van der Waals surface area contributed by atoms with Crippen molar-refractivity contribution >= 4 is 5.91 Å². The summed E-state index contributed by atoms with van der Waals surface area (Å²) in [5.74, 6) is -0.367. The maximum absolute atomic E-state index is 13.2. The molecule has 2 N–H and O–H groups in total. The highest BCUT2D eigenvalue weighted by Crippen LogP contribution is 2.18. The Labute approximate surface area is 114 Å². The highest BCUT2D eigenvalue weighted by Gasteiger charge is 2.23. The largest absolute Gasteiger partial charge is 0.338 e. The minimum atomic E-state index is -0.290. The molecule has 4 heteroatoms. The second-order valence-corrected chi connectivity index (χ2v) is 5.65. The number of hydrogen-bond acceptors (Lipinski definition) is 2. The Kier molecular flexibility index (Phi) is 5.06. The molecule has 0 saturated heterocycles. The Balaban J connectivity index is 2.92. The van der Waals surface area contributed by atoms with Crippen molar-refractivity contribution in [2.45, 2.75) is 27.7 Å². The molecule has 1 aromatic carbocycles. The summed E-state index contributed by atoms with van der Waals surface area (Å²) in [6.07, 6.45) is 0. The van der Waals surface area contributed by atoms with E-state index in [9.17, 15) is 9.18 Å². The summed E-state index contributed by atoms with van der Waals surface area (Å²) in [5.41, 5.74) is 6.59. The Bertz CT molecular complexity index is 457. The number of hydrogen-bond donors (Lipinski definition) is 1. The van der Waals surface area contributed by atoms with E-state index in [2.05, 4.69) is 0 Å². The first-order valence-electron chi connectivity index (χ1n) is 6.56. The maximum atomic E-state index is 13.2. The van der Waals surface area contributed by atoms with Gasteiger partial charge in [0.15, 0.2) is 0 Å². The molecule has 0 fully saturated rings. The monoisotopic (exact) mass is 266 g/mol. The summed E-state index contributed by atoms with van der Waals surface area (Å²) in [4.78, 5) is 14.1. The van der Waals surface area contributed by atoms with Gasteiger partial charge < -0.3 is 10.6 Å². The molecule has 0 unspecified atom stereocenters. The molecule has 0 aliphatic carbocycles. The number of benzene rings is 1. The first-order chi connectivity index (χ1) is 8.80. The molecule has 1 aromatic rings. The predicted molar refractivity (Wildman–Crippen MR) is 75.5 cm³/mol. The van der Waals surface area contributed by atoms with E-state index in [1.54, 1.807) is 17.9 Å². The van der Waals surface area contributed by atoms with E-state index in [-0.39, 0.29) is 17.1 Å². The van der Waals surface area contributed by atoms with Crippen LogP contribution in [0.5, 0.6) is 0 Å². The number of carbonyl (C=O) groups is 1. The molecule has 19 heavy (non-hydrogen) atoms. The lowest BCUT2D eigenvalue weighted by molar-refractivity contribution is 0.0700. The average Bonchev–Trinajstić information content (AvgIpc) is 2.38. The molecule has 0 aromatic heterocycles. The van der Waals surface area contributed by atoms with E-state index in [1.807, 2.05) is 20.8 Å². The fourth-order valence-corrected chi connectivity index (χ4v) is 1.87. The molecule has 0 bridgehead atoms. The molecule has 0 aliphatic heterocycles. The van der Waals surface area contributed by atoms with Gasteiger partial charge in [0.2, 0.25) is 0 Å². The molecule has 3 nitrogen and oxygen atoms in total. The zero-order valence-electron chi connectivity index (χ0n) is 12.2. The van der Waals surface area contributed by atoms with Crippen molar-refractivity contribution < 1.29 is 9.18 Å². The number of nitrogens with two attached hydrogens (primary N) is 1. The molecule has 0 saturated carbocycles. The molecule has 106 valence electrons. The van der Waals surface area contributed by atoms with Gasteiger partial charge in [-0.1, -0.05) is 13.8 Å². The Hall–Kier alpha value is -1.42. The zero-order chi connectivity index (χ0) is 14.6. The molecule has 0 radical (unpaired) electrons. The third-order valence-corrected chi connectivity index (χ3v) is 3.25. The first kappa shape index (κ1) is 15.6. The number of halogens is 1. The van der Waals surface area contributed by atoms with Crippen molar-refractivity contribution in [2.75, 3.05) is 19.6 Å². The van der Waals surface area contributed by atoms with Gasteiger partial charge in [-0.2, -0.15) is 0 Å². The molecule has 1 amide bonds. The number of amides is 1. The van der Waals surface area contributed by atoms with Gasteiger partial charge in [-0.3, -0.25) is 4.79 Å². The van der Waals surface area contributed by atoms with Crippen LogP contribution in [0.2, 0.25) is 0 Å². The van der Waals surface area contributed by atoms with Crippen LogP contribution in [0.3, 0.4) is 0 Å². The summed E-state index contributed by atoms with van der Waals surface area (Å²) < 4.78 is 13.2. The van der Waals surface area contributed by atoms with Crippen LogP contribution in [0.15, 0.2) is 18.2 Å². The van der Waals surface area contributed by atoms with Gasteiger partial charge in [-0.05, 0) is 49.6 Å². The van der Waals surface area contributed by atoms with Crippen molar-refractivity contribution in [3.63, 3.8) is 0 Å². The second-order valence-electron chi connectivity index (χ2n) is 5.65. The van der Waals surface area contributed by atoms with Crippen molar-refractivity contribution in [1.29, 1.82) is 0 Å². The van der Waals surface area contributed by atoms with Gasteiger partial charge in [-0.25, -0.2) is 4.39 Å². The van der Waals surface area contributed by atoms with Crippen LogP contribution in [0.25, 0.3) is 0 Å². The third-order valence-electron chi connectivity index (χ3n) is 3.25. The fourth-order valence-electron chi connectivity index (χ4n) is 1.87. The molecular weight excluding hydrogens is 243 g/mol. The van der Waals surface area contributed by atoms with Crippen LogP contribution in [0, 0.1) is 18.2 Å². The highest BCUT2D eigenvalue weighted by molar-refractivity contribution is 5.94. The topological polar surface area (TPSA) is 46.3 Å². The van der Waals surface area contributed by atoms with E-state index in [4.69, 9.17) is 5.73 Å². The van der Waals surface area contributed by atoms with Crippen LogP contribution in [-0.4, -0.2) is 30.4 Å². The summed E-state index contributed by atoms with van der Waals surface area (Å²) >= 11 is 0. The van der Waals surface area contributed by atoms with Crippen LogP contribution in [0.4, 0.5) is 4.39 Å². The number of aryl methyl sites for hydroxylation is 1. The third kappa shape index (κ3) is 4.03. The standard InChI is InChI=1S/C15H23FN2O/c1-5-18(10-15(3,4)9-17)14(19)12-6-7-13(16)11(2)8-12/h6-8H,5,9-10,17H2,1-4H3. The number of carbonyl (C=O) groups excluding carboxylic acids is 1. The molecular formula is C15H23FN2O. The van der Waals surface area contributed by atoms with E-state index in [0.29, 0.717) is 30.8 Å². The predicted octanol–water partition coefficient (Wildman–Crippen LogP) is 2.58. The average molecular weight is 266 g/mol. The number of rotatable bonds is 5. The lowest BCUT2D eigenvalue weighted by Crippen LogP contribution is -2.42. The highest BCUT2D eigenvalue weighted by atomic mass is 19.1. The van der Waals surface area contributed by atoms with Gasteiger partial charge in [-0.15, -0.1) is 0 Å². The summed E-state index contributed by atoms with van der Waals surface area (Å²) in [6.45, 7) is 9.36. The van der Waals surface area contributed by atoms with Gasteiger partial charge >= 0.3 is 0 Å². The quantitative estimate of drug-likeness (QED) is 0.890. The number of nitrogens with zero attached hydrogens (tertiary/aromatic N) is 1. The minimum Gasteiger partial charge on any atom is -0.338 e. The van der Waals surface area contributed by atoms with Crippen LogP contribution in [-0.2, 0) is 0 Å².